The van der Waals surface area contributed by atoms with Crippen molar-refractivity contribution in [2.24, 2.45) is 0 Å². The average molecular weight is 369 g/mol. The molecule has 0 aliphatic carbocycles. The van der Waals surface area contributed by atoms with Crippen LogP contribution < -0.4 is 15.4 Å². The van der Waals surface area contributed by atoms with Crippen molar-refractivity contribution in [3.05, 3.63) is 54.1 Å². The lowest BCUT2D eigenvalue weighted by Crippen LogP contribution is -2.41. The maximum absolute atomic E-state index is 12.3. The summed E-state index contributed by atoms with van der Waals surface area (Å²) in [5, 5.41) is 5.67. The molecule has 2 N–H and O–H groups in total. The first-order valence-electron chi connectivity index (χ1n) is 8.79. The first kappa shape index (κ1) is 18.9. The predicted molar refractivity (Wildman–Crippen MR) is 103 cm³/mol. The molecule has 3 rings (SSSR count). The van der Waals surface area contributed by atoms with Crippen LogP contribution in [0.1, 0.15) is 10.4 Å². The fourth-order valence-electron chi connectivity index (χ4n) is 2.75. The lowest BCUT2D eigenvalue weighted by Gasteiger charge is -2.25. The SMILES string of the molecule is COc1ccc(NC(=O)c2ccc(NC(=O)CN3CCOCC3)cc2)cc1. The van der Waals surface area contributed by atoms with Gasteiger partial charge in [-0.3, -0.25) is 14.5 Å². The Morgan fingerprint density at radius 2 is 1.56 bits per heavy atom. The van der Waals surface area contributed by atoms with E-state index in [-0.39, 0.29) is 11.8 Å². The monoisotopic (exact) mass is 369 g/mol. The van der Waals surface area contributed by atoms with Crippen LogP contribution >= 0.6 is 0 Å². The number of anilines is 2. The van der Waals surface area contributed by atoms with E-state index in [0.29, 0.717) is 36.7 Å². The fourth-order valence-corrected chi connectivity index (χ4v) is 2.75. The molecule has 0 saturated carbocycles. The van der Waals surface area contributed by atoms with Gasteiger partial charge in [0, 0.05) is 30.0 Å². The topological polar surface area (TPSA) is 79.9 Å². The Hall–Kier alpha value is -2.90. The van der Waals surface area contributed by atoms with Gasteiger partial charge in [0.15, 0.2) is 0 Å². The van der Waals surface area contributed by atoms with Crippen LogP contribution in [0, 0.1) is 0 Å². The Morgan fingerprint density at radius 3 is 2.19 bits per heavy atom. The number of methoxy groups -OCH3 is 1. The van der Waals surface area contributed by atoms with Gasteiger partial charge in [0.2, 0.25) is 5.91 Å². The molecule has 2 amide bonds. The Morgan fingerprint density at radius 1 is 0.963 bits per heavy atom. The van der Waals surface area contributed by atoms with Crippen molar-refractivity contribution in [1.29, 1.82) is 0 Å². The molecule has 7 nitrogen and oxygen atoms in total. The van der Waals surface area contributed by atoms with Crippen LogP contribution in [0.2, 0.25) is 0 Å². The zero-order valence-electron chi connectivity index (χ0n) is 15.2. The molecule has 1 heterocycles. The summed E-state index contributed by atoms with van der Waals surface area (Å²) < 4.78 is 10.4. The van der Waals surface area contributed by atoms with Gasteiger partial charge < -0.3 is 20.1 Å². The lowest BCUT2D eigenvalue weighted by atomic mass is 10.2. The summed E-state index contributed by atoms with van der Waals surface area (Å²) >= 11 is 0. The van der Waals surface area contributed by atoms with Crippen LogP contribution in [-0.2, 0) is 9.53 Å². The minimum Gasteiger partial charge on any atom is -0.497 e. The van der Waals surface area contributed by atoms with Gasteiger partial charge in [-0.15, -0.1) is 0 Å². The van der Waals surface area contributed by atoms with Gasteiger partial charge in [-0.25, -0.2) is 0 Å². The molecule has 0 aromatic heterocycles. The molecular weight excluding hydrogens is 346 g/mol. The van der Waals surface area contributed by atoms with Gasteiger partial charge in [-0.05, 0) is 48.5 Å². The Bertz CT molecular complexity index is 769. The van der Waals surface area contributed by atoms with E-state index in [4.69, 9.17) is 9.47 Å². The number of morpholine rings is 1. The molecule has 1 aliphatic heterocycles. The van der Waals surface area contributed by atoms with E-state index in [1.54, 1.807) is 55.6 Å². The van der Waals surface area contributed by atoms with Crippen molar-refractivity contribution >= 4 is 23.2 Å². The van der Waals surface area contributed by atoms with Crippen LogP contribution in [0.3, 0.4) is 0 Å². The quantitative estimate of drug-likeness (QED) is 0.816. The van der Waals surface area contributed by atoms with Crippen molar-refractivity contribution in [3.63, 3.8) is 0 Å². The van der Waals surface area contributed by atoms with Crippen LogP contribution in [0.25, 0.3) is 0 Å². The number of nitrogens with zero attached hydrogens (tertiary/aromatic N) is 1. The largest absolute Gasteiger partial charge is 0.497 e. The van der Waals surface area contributed by atoms with Gasteiger partial charge in [-0.1, -0.05) is 0 Å². The second-order valence-electron chi connectivity index (χ2n) is 6.20. The minimum absolute atomic E-state index is 0.0765. The third-order valence-corrected chi connectivity index (χ3v) is 4.25. The summed E-state index contributed by atoms with van der Waals surface area (Å²) in [6, 6.07) is 13.9. The molecule has 1 aliphatic rings. The summed E-state index contributed by atoms with van der Waals surface area (Å²) in [4.78, 5) is 26.5. The van der Waals surface area contributed by atoms with Crippen LogP contribution in [0.4, 0.5) is 11.4 Å². The van der Waals surface area contributed by atoms with Crippen molar-refractivity contribution < 1.29 is 19.1 Å². The van der Waals surface area contributed by atoms with Crippen molar-refractivity contribution in [3.8, 4) is 5.75 Å². The van der Waals surface area contributed by atoms with Gasteiger partial charge >= 0.3 is 0 Å². The summed E-state index contributed by atoms with van der Waals surface area (Å²) in [5.74, 6) is 0.434. The molecule has 1 fully saturated rings. The second kappa shape index (κ2) is 9.16. The first-order chi connectivity index (χ1) is 13.1. The van der Waals surface area contributed by atoms with Crippen LogP contribution in [0.15, 0.2) is 48.5 Å². The van der Waals surface area contributed by atoms with Gasteiger partial charge in [0.05, 0.1) is 26.9 Å². The van der Waals surface area contributed by atoms with Crippen molar-refractivity contribution in [2.45, 2.75) is 0 Å². The summed E-state index contributed by atoms with van der Waals surface area (Å²) in [7, 11) is 1.59. The number of ether oxygens (including phenoxy) is 2. The number of hydrogen-bond donors (Lipinski definition) is 2. The normalized spacial score (nSPS) is 14.4. The zero-order chi connectivity index (χ0) is 19.1. The summed E-state index contributed by atoms with van der Waals surface area (Å²) in [6.45, 7) is 3.18. The van der Waals surface area contributed by atoms with E-state index >= 15 is 0 Å². The molecule has 2 aromatic carbocycles. The van der Waals surface area contributed by atoms with Crippen LogP contribution in [-0.4, -0.2) is 56.7 Å². The standard InChI is InChI=1S/C20H23N3O4/c1-26-18-8-6-17(7-9-18)22-20(25)15-2-4-16(5-3-15)21-19(24)14-23-10-12-27-13-11-23/h2-9H,10-14H2,1H3,(H,21,24)(H,22,25). The molecule has 0 bridgehead atoms. The number of amides is 2. The highest BCUT2D eigenvalue weighted by Crippen LogP contribution is 2.17. The van der Waals surface area contributed by atoms with E-state index in [1.165, 1.54) is 0 Å². The highest BCUT2D eigenvalue weighted by molar-refractivity contribution is 6.04. The fraction of sp³-hybridized carbons (Fsp3) is 0.300. The molecule has 0 atom stereocenters. The predicted octanol–water partition coefficient (Wildman–Crippen LogP) is 2.22. The lowest BCUT2D eigenvalue weighted by molar-refractivity contribution is -0.118. The molecule has 27 heavy (non-hydrogen) atoms. The third kappa shape index (κ3) is 5.54. The van der Waals surface area contributed by atoms with Gasteiger partial charge in [0.1, 0.15) is 5.75 Å². The van der Waals surface area contributed by atoms with Crippen LogP contribution in [0.5, 0.6) is 5.75 Å². The molecule has 0 unspecified atom stereocenters. The maximum atomic E-state index is 12.3. The van der Waals surface area contributed by atoms with Gasteiger partial charge in [-0.2, -0.15) is 0 Å². The molecule has 0 spiro atoms. The van der Waals surface area contributed by atoms with Gasteiger partial charge in [0.25, 0.3) is 5.91 Å². The Balaban J connectivity index is 1.52. The zero-order valence-corrected chi connectivity index (χ0v) is 15.2. The smallest absolute Gasteiger partial charge is 0.255 e. The van der Waals surface area contributed by atoms with E-state index in [1.807, 2.05) is 0 Å². The maximum Gasteiger partial charge on any atom is 0.255 e. The highest BCUT2D eigenvalue weighted by atomic mass is 16.5. The molecule has 7 heteroatoms. The Labute approximate surface area is 158 Å². The van der Waals surface area contributed by atoms with E-state index < -0.39 is 0 Å². The van der Waals surface area contributed by atoms with E-state index in [9.17, 15) is 9.59 Å². The minimum atomic E-state index is -0.216. The molecular formula is C20H23N3O4. The summed E-state index contributed by atoms with van der Waals surface area (Å²) in [5.41, 5.74) is 1.86. The molecule has 0 radical (unpaired) electrons. The number of carbonyl (C=O) groups is 2. The Kier molecular flexibility index (Phi) is 6.40. The van der Waals surface area contributed by atoms with Crippen molar-refractivity contribution in [1.82, 2.24) is 4.90 Å². The molecule has 142 valence electrons. The highest BCUT2D eigenvalue weighted by Gasteiger charge is 2.14. The number of benzene rings is 2. The second-order valence-corrected chi connectivity index (χ2v) is 6.20. The first-order valence-corrected chi connectivity index (χ1v) is 8.79. The number of rotatable bonds is 6. The third-order valence-electron chi connectivity index (χ3n) is 4.25. The number of carbonyl (C=O) groups excluding carboxylic acids is 2. The number of nitrogens with one attached hydrogen (secondary N) is 2. The molecule has 1 saturated heterocycles. The van der Waals surface area contributed by atoms with Crippen molar-refractivity contribution in [2.75, 3.05) is 50.6 Å². The average Bonchev–Trinajstić information content (AvgIpc) is 2.70. The number of hydrogen-bond acceptors (Lipinski definition) is 5. The van der Waals surface area contributed by atoms with E-state index in [2.05, 4.69) is 15.5 Å². The van der Waals surface area contributed by atoms with E-state index in [0.717, 1.165) is 18.8 Å². The summed E-state index contributed by atoms with van der Waals surface area (Å²) in [6.07, 6.45) is 0. The molecule has 2 aromatic rings.